The van der Waals surface area contributed by atoms with E-state index in [2.05, 4.69) is 0 Å². The summed E-state index contributed by atoms with van der Waals surface area (Å²) in [6.45, 7) is 7.91. The maximum atomic E-state index is 12.0. The summed E-state index contributed by atoms with van der Waals surface area (Å²) in [4.78, 5) is 38.6. The van der Waals surface area contributed by atoms with E-state index in [1.54, 1.807) is 9.80 Å². The molecule has 23 heavy (non-hydrogen) atoms. The number of hydrogen-bond acceptors (Lipinski definition) is 4. The number of nitrogens with two attached hydrogens (primary N) is 1. The van der Waals surface area contributed by atoms with E-state index >= 15 is 0 Å². The first-order valence-corrected chi connectivity index (χ1v) is 8.20. The highest BCUT2D eigenvalue weighted by Crippen LogP contribution is 2.24. The van der Waals surface area contributed by atoms with Crippen molar-refractivity contribution in [3.05, 3.63) is 0 Å². The van der Waals surface area contributed by atoms with Crippen molar-refractivity contribution in [2.24, 2.45) is 17.6 Å². The van der Waals surface area contributed by atoms with Crippen molar-refractivity contribution in [3.8, 4) is 0 Å². The fourth-order valence-corrected chi connectivity index (χ4v) is 3.08. The molecule has 2 aliphatic rings. The normalized spacial score (nSPS) is 23.3. The zero-order valence-electron chi connectivity index (χ0n) is 14.2. The van der Waals surface area contributed by atoms with Crippen molar-refractivity contribution in [2.75, 3.05) is 26.2 Å². The summed E-state index contributed by atoms with van der Waals surface area (Å²) in [5.74, 6) is -0.405. The first kappa shape index (κ1) is 17.6. The number of amides is 3. The molecule has 2 heterocycles. The van der Waals surface area contributed by atoms with Gasteiger partial charge in [0.25, 0.3) is 0 Å². The molecule has 0 aromatic rings. The summed E-state index contributed by atoms with van der Waals surface area (Å²) in [6, 6.07) is 0. The minimum Gasteiger partial charge on any atom is -0.444 e. The van der Waals surface area contributed by atoms with Gasteiger partial charge in [-0.2, -0.15) is 0 Å². The van der Waals surface area contributed by atoms with Crippen LogP contribution in [0.1, 0.15) is 40.0 Å². The first-order valence-electron chi connectivity index (χ1n) is 8.20. The maximum Gasteiger partial charge on any atom is 0.410 e. The highest BCUT2D eigenvalue weighted by Gasteiger charge is 2.35. The third-order valence-electron chi connectivity index (χ3n) is 4.36. The van der Waals surface area contributed by atoms with E-state index < -0.39 is 11.5 Å². The van der Waals surface area contributed by atoms with E-state index in [0.717, 1.165) is 12.8 Å². The van der Waals surface area contributed by atoms with Crippen molar-refractivity contribution in [2.45, 2.75) is 45.6 Å². The lowest BCUT2D eigenvalue weighted by Gasteiger charge is -2.34. The van der Waals surface area contributed by atoms with Crippen molar-refractivity contribution in [3.63, 3.8) is 0 Å². The Kier molecular flexibility index (Phi) is 5.16. The summed E-state index contributed by atoms with van der Waals surface area (Å²) in [5.41, 5.74) is 4.79. The summed E-state index contributed by atoms with van der Waals surface area (Å²) < 4.78 is 5.37. The van der Waals surface area contributed by atoms with Gasteiger partial charge >= 0.3 is 6.09 Å². The molecular weight excluding hydrogens is 298 g/mol. The van der Waals surface area contributed by atoms with Gasteiger partial charge in [-0.1, -0.05) is 0 Å². The first-order chi connectivity index (χ1) is 10.7. The summed E-state index contributed by atoms with van der Waals surface area (Å²) in [5, 5.41) is 0. The number of ether oxygens (including phenoxy) is 1. The number of primary amides is 1. The van der Waals surface area contributed by atoms with Gasteiger partial charge in [-0.25, -0.2) is 4.79 Å². The lowest BCUT2D eigenvalue weighted by atomic mass is 9.96. The zero-order valence-corrected chi connectivity index (χ0v) is 14.2. The molecule has 2 rings (SSSR count). The Bertz CT molecular complexity index is 478. The van der Waals surface area contributed by atoms with Crippen LogP contribution in [0.3, 0.4) is 0 Å². The molecule has 2 fully saturated rings. The third kappa shape index (κ3) is 4.84. The van der Waals surface area contributed by atoms with Crippen LogP contribution in [0.5, 0.6) is 0 Å². The average Bonchev–Trinajstić information content (AvgIpc) is 2.79. The predicted octanol–water partition coefficient (Wildman–Crippen LogP) is 0.967. The molecule has 130 valence electrons. The van der Waals surface area contributed by atoms with Crippen molar-refractivity contribution in [1.82, 2.24) is 9.80 Å². The van der Waals surface area contributed by atoms with Gasteiger partial charge in [0, 0.05) is 32.6 Å². The standard InChI is InChI=1S/C16H27N3O4/c1-16(2,3)23-15(22)18-6-4-11(5-7-18)9-19-10-12(14(17)21)8-13(19)20/h11-12H,4-10H2,1-3H3,(H2,17,21). The van der Waals surface area contributed by atoms with Gasteiger partial charge in [-0.3, -0.25) is 9.59 Å². The minimum atomic E-state index is -0.486. The highest BCUT2D eigenvalue weighted by molar-refractivity contribution is 5.88. The molecule has 7 nitrogen and oxygen atoms in total. The Morgan fingerprint density at radius 1 is 1.26 bits per heavy atom. The second-order valence-corrected chi connectivity index (χ2v) is 7.51. The van der Waals surface area contributed by atoms with Crippen LogP contribution < -0.4 is 5.73 Å². The van der Waals surface area contributed by atoms with Gasteiger partial charge in [0.05, 0.1) is 5.92 Å². The maximum absolute atomic E-state index is 12.0. The smallest absolute Gasteiger partial charge is 0.410 e. The number of nitrogens with zero attached hydrogens (tertiary/aromatic N) is 2. The number of carbonyl (C=O) groups is 3. The largest absolute Gasteiger partial charge is 0.444 e. The van der Waals surface area contributed by atoms with Crippen LogP contribution in [0.4, 0.5) is 4.79 Å². The van der Waals surface area contributed by atoms with E-state index in [9.17, 15) is 14.4 Å². The molecular formula is C16H27N3O4. The summed E-state index contributed by atoms with van der Waals surface area (Å²) in [6.07, 6.45) is 1.63. The Labute approximate surface area is 137 Å². The molecule has 1 atom stereocenters. The quantitative estimate of drug-likeness (QED) is 0.836. The average molecular weight is 325 g/mol. The third-order valence-corrected chi connectivity index (χ3v) is 4.36. The monoisotopic (exact) mass is 325 g/mol. The molecule has 0 aromatic heterocycles. The Balaban J connectivity index is 1.78. The summed E-state index contributed by atoms with van der Waals surface area (Å²) in [7, 11) is 0. The Morgan fingerprint density at radius 2 is 1.87 bits per heavy atom. The highest BCUT2D eigenvalue weighted by atomic mass is 16.6. The van der Waals surface area contributed by atoms with Crippen molar-refractivity contribution >= 4 is 17.9 Å². The summed E-state index contributed by atoms with van der Waals surface area (Å²) >= 11 is 0. The van der Waals surface area contributed by atoms with Gasteiger partial charge in [0.2, 0.25) is 11.8 Å². The van der Waals surface area contributed by atoms with Gasteiger partial charge < -0.3 is 20.3 Å². The van der Waals surface area contributed by atoms with Crippen LogP contribution in [0.2, 0.25) is 0 Å². The molecule has 2 aliphatic heterocycles. The molecule has 0 saturated carbocycles. The van der Waals surface area contributed by atoms with Gasteiger partial charge in [-0.05, 0) is 39.5 Å². The van der Waals surface area contributed by atoms with E-state index in [4.69, 9.17) is 10.5 Å². The van der Waals surface area contributed by atoms with Crippen LogP contribution in [-0.4, -0.2) is 59.5 Å². The van der Waals surface area contributed by atoms with Crippen LogP contribution in [-0.2, 0) is 14.3 Å². The molecule has 1 unspecified atom stereocenters. The second-order valence-electron chi connectivity index (χ2n) is 7.51. The SMILES string of the molecule is CC(C)(C)OC(=O)N1CCC(CN2CC(C(N)=O)CC2=O)CC1. The van der Waals surface area contributed by atoms with Gasteiger partial charge in [0.1, 0.15) is 5.60 Å². The molecule has 0 spiro atoms. The Morgan fingerprint density at radius 3 is 2.35 bits per heavy atom. The Hall–Kier alpha value is -1.79. The lowest BCUT2D eigenvalue weighted by Crippen LogP contribution is -2.44. The molecule has 0 aromatic carbocycles. The number of likely N-dealkylation sites (tertiary alicyclic amines) is 2. The van der Waals surface area contributed by atoms with Crippen LogP contribution in [0.25, 0.3) is 0 Å². The second kappa shape index (κ2) is 6.76. The molecule has 7 heteroatoms. The lowest BCUT2D eigenvalue weighted by molar-refractivity contribution is -0.129. The molecule has 3 amide bonds. The van der Waals surface area contributed by atoms with Crippen LogP contribution >= 0.6 is 0 Å². The van der Waals surface area contributed by atoms with Crippen molar-refractivity contribution in [1.29, 1.82) is 0 Å². The number of piperidine rings is 1. The van der Waals surface area contributed by atoms with Gasteiger partial charge in [-0.15, -0.1) is 0 Å². The van der Waals surface area contributed by atoms with Crippen LogP contribution in [0, 0.1) is 11.8 Å². The molecule has 2 saturated heterocycles. The van der Waals surface area contributed by atoms with E-state index in [1.807, 2.05) is 20.8 Å². The topological polar surface area (TPSA) is 92.9 Å². The van der Waals surface area contributed by atoms with E-state index in [-0.39, 0.29) is 24.3 Å². The molecule has 0 radical (unpaired) electrons. The zero-order chi connectivity index (χ0) is 17.2. The number of hydrogen-bond donors (Lipinski definition) is 1. The number of rotatable bonds is 3. The predicted molar refractivity (Wildman–Crippen MR) is 84.4 cm³/mol. The fourth-order valence-electron chi connectivity index (χ4n) is 3.08. The minimum absolute atomic E-state index is 0.00312. The van der Waals surface area contributed by atoms with E-state index in [1.165, 1.54) is 0 Å². The van der Waals surface area contributed by atoms with E-state index in [0.29, 0.717) is 32.1 Å². The fraction of sp³-hybridized carbons (Fsp3) is 0.812. The number of carbonyl (C=O) groups excluding carboxylic acids is 3. The molecule has 0 bridgehead atoms. The molecule has 2 N–H and O–H groups in total. The molecule has 0 aliphatic carbocycles. The van der Waals surface area contributed by atoms with Crippen molar-refractivity contribution < 1.29 is 19.1 Å². The van der Waals surface area contributed by atoms with Crippen LogP contribution in [0.15, 0.2) is 0 Å². The van der Waals surface area contributed by atoms with Gasteiger partial charge in [0.15, 0.2) is 0 Å².